The molecule has 20 heavy (non-hydrogen) atoms. The van der Waals surface area contributed by atoms with Gasteiger partial charge in [0.2, 0.25) is 5.89 Å². The second-order valence-electron chi connectivity index (χ2n) is 6.50. The number of hydrogen-bond acceptors (Lipinski definition) is 4. The Balaban J connectivity index is 1.86. The first-order valence-electron chi connectivity index (χ1n) is 6.97. The zero-order chi connectivity index (χ0) is 14.3. The lowest BCUT2D eigenvalue weighted by atomic mass is 9.72. The highest BCUT2D eigenvalue weighted by Crippen LogP contribution is 2.42. The Labute approximate surface area is 128 Å². The van der Waals surface area contributed by atoms with E-state index in [-0.39, 0.29) is 5.88 Å². The molecule has 108 valence electrons. The topological polar surface area (TPSA) is 38.9 Å². The lowest BCUT2D eigenvalue weighted by Gasteiger charge is -2.33. The second-order valence-corrected chi connectivity index (χ2v) is 7.90. The summed E-state index contributed by atoms with van der Waals surface area (Å²) in [7, 11) is 0. The van der Waals surface area contributed by atoms with Gasteiger partial charge in [0.05, 0.1) is 4.88 Å². The van der Waals surface area contributed by atoms with Crippen molar-refractivity contribution in [3.63, 3.8) is 0 Å². The van der Waals surface area contributed by atoms with Crippen LogP contribution in [0.2, 0.25) is 0 Å². The molecule has 2 heterocycles. The lowest BCUT2D eigenvalue weighted by Crippen LogP contribution is -2.26. The van der Waals surface area contributed by atoms with Gasteiger partial charge in [0.25, 0.3) is 5.89 Å². The minimum absolute atomic E-state index is 0.268. The van der Waals surface area contributed by atoms with E-state index >= 15 is 0 Å². The van der Waals surface area contributed by atoms with E-state index in [0.29, 0.717) is 17.2 Å². The average Bonchev–Trinajstić information content (AvgIpc) is 3.02. The van der Waals surface area contributed by atoms with E-state index in [1.54, 1.807) is 11.3 Å². The molecule has 0 aromatic carbocycles. The van der Waals surface area contributed by atoms with Crippen molar-refractivity contribution in [2.24, 2.45) is 11.3 Å². The molecule has 0 N–H and O–H groups in total. The van der Waals surface area contributed by atoms with Gasteiger partial charge < -0.3 is 4.42 Å². The highest BCUT2D eigenvalue weighted by molar-refractivity contribution is 7.15. The first-order valence-corrected chi connectivity index (χ1v) is 8.33. The predicted molar refractivity (Wildman–Crippen MR) is 82.1 cm³/mol. The van der Waals surface area contributed by atoms with Crippen molar-refractivity contribution >= 4 is 22.9 Å². The molecule has 0 saturated carbocycles. The van der Waals surface area contributed by atoms with E-state index in [0.717, 1.165) is 17.2 Å². The third-order valence-electron chi connectivity index (χ3n) is 4.10. The predicted octanol–water partition coefficient (Wildman–Crippen LogP) is 4.69. The molecular formula is C15H19ClN2OS. The second kappa shape index (κ2) is 5.15. The van der Waals surface area contributed by atoms with Crippen LogP contribution >= 0.6 is 22.9 Å². The summed E-state index contributed by atoms with van der Waals surface area (Å²) in [6.07, 6.45) is 3.59. The SMILES string of the molecule is CC(C)(C)[C@@H]1CCc2sc(-c3nnc(CCl)o3)cc2C1. The van der Waals surface area contributed by atoms with Gasteiger partial charge in [-0.2, -0.15) is 0 Å². The Morgan fingerprint density at radius 1 is 1.40 bits per heavy atom. The number of fused-ring (bicyclic) bond motifs is 1. The monoisotopic (exact) mass is 310 g/mol. The molecule has 5 heteroatoms. The fraction of sp³-hybridized carbons (Fsp3) is 0.600. The minimum atomic E-state index is 0.268. The van der Waals surface area contributed by atoms with Crippen molar-refractivity contribution in [2.75, 3.05) is 0 Å². The van der Waals surface area contributed by atoms with E-state index < -0.39 is 0 Å². The van der Waals surface area contributed by atoms with E-state index in [2.05, 4.69) is 37.0 Å². The number of halogens is 1. The summed E-state index contributed by atoms with van der Waals surface area (Å²) >= 11 is 7.49. The van der Waals surface area contributed by atoms with Crippen molar-refractivity contribution in [2.45, 2.75) is 45.9 Å². The molecule has 1 aliphatic carbocycles. The molecule has 0 saturated heterocycles. The van der Waals surface area contributed by atoms with E-state index in [9.17, 15) is 0 Å². The maximum Gasteiger partial charge on any atom is 0.257 e. The molecule has 0 unspecified atom stereocenters. The van der Waals surface area contributed by atoms with Gasteiger partial charge in [-0.3, -0.25) is 0 Å². The molecule has 0 aliphatic heterocycles. The zero-order valence-electron chi connectivity index (χ0n) is 12.1. The van der Waals surface area contributed by atoms with Crippen LogP contribution in [0.5, 0.6) is 0 Å². The number of alkyl halides is 1. The van der Waals surface area contributed by atoms with Gasteiger partial charge in [-0.05, 0) is 42.2 Å². The minimum Gasteiger partial charge on any atom is -0.419 e. The molecule has 1 atom stereocenters. The highest BCUT2D eigenvalue weighted by Gasteiger charge is 2.30. The summed E-state index contributed by atoms with van der Waals surface area (Å²) in [4.78, 5) is 2.56. The Kier molecular flexibility index (Phi) is 3.63. The third kappa shape index (κ3) is 2.63. The Hall–Kier alpha value is -0.870. The molecule has 0 radical (unpaired) electrons. The summed E-state index contributed by atoms with van der Waals surface area (Å²) in [5, 5.41) is 8.01. The number of aryl methyl sites for hydroxylation is 1. The fourth-order valence-corrected chi connectivity index (χ4v) is 4.01. The summed E-state index contributed by atoms with van der Waals surface area (Å²) < 4.78 is 5.55. The lowest BCUT2D eigenvalue weighted by molar-refractivity contribution is 0.217. The Morgan fingerprint density at radius 2 is 2.20 bits per heavy atom. The first-order chi connectivity index (χ1) is 9.47. The van der Waals surface area contributed by atoms with Crippen molar-refractivity contribution in [1.82, 2.24) is 10.2 Å². The van der Waals surface area contributed by atoms with Crippen LogP contribution in [0.3, 0.4) is 0 Å². The molecular weight excluding hydrogens is 292 g/mol. The van der Waals surface area contributed by atoms with Gasteiger partial charge in [0.15, 0.2) is 0 Å². The first kappa shape index (κ1) is 14.1. The van der Waals surface area contributed by atoms with Crippen LogP contribution in [0.25, 0.3) is 10.8 Å². The number of thiophene rings is 1. The maximum atomic E-state index is 5.71. The van der Waals surface area contributed by atoms with Crippen molar-refractivity contribution in [3.05, 3.63) is 22.4 Å². The summed E-state index contributed by atoms with van der Waals surface area (Å²) in [5.41, 5.74) is 1.83. The average molecular weight is 311 g/mol. The van der Waals surface area contributed by atoms with Gasteiger partial charge in [0.1, 0.15) is 5.88 Å². The van der Waals surface area contributed by atoms with Crippen LogP contribution in [0, 0.1) is 11.3 Å². The van der Waals surface area contributed by atoms with Gasteiger partial charge >= 0.3 is 0 Å². The van der Waals surface area contributed by atoms with Crippen LogP contribution in [0.15, 0.2) is 10.5 Å². The van der Waals surface area contributed by atoms with Crippen LogP contribution in [0.1, 0.15) is 43.5 Å². The zero-order valence-corrected chi connectivity index (χ0v) is 13.6. The molecule has 2 aromatic rings. The molecule has 0 fully saturated rings. The quantitative estimate of drug-likeness (QED) is 0.755. The standard InChI is InChI=1S/C15H19ClN2OS/c1-15(2,3)10-4-5-11-9(6-10)7-12(20-11)14-18-17-13(8-16)19-14/h7,10H,4-6,8H2,1-3H3/t10-/m1/s1. The summed E-state index contributed by atoms with van der Waals surface area (Å²) in [6.45, 7) is 7.00. The number of hydrogen-bond donors (Lipinski definition) is 0. The molecule has 0 amide bonds. The summed E-state index contributed by atoms with van der Waals surface area (Å²) in [5.74, 6) is 2.11. The van der Waals surface area contributed by atoms with Gasteiger partial charge in [0, 0.05) is 4.88 Å². The van der Waals surface area contributed by atoms with E-state index in [1.165, 1.54) is 23.3 Å². The normalized spacial score (nSPS) is 19.1. The molecule has 2 aromatic heterocycles. The van der Waals surface area contributed by atoms with Crippen LogP contribution in [-0.4, -0.2) is 10.2 Å². The maximum absolute atomic E-state index is 5.71. The molecule has 3 rings (SSSR count). The molecule has 3 nitrogen and oxygen atoms in total. The van der Waals surface area contributed by atoms with Crippen LogP contribution < -0.4 is 0 Å². The van der Waals surface area contributed by atoms with Crippen molar-refractivity contribution in [3.8, 4) is 10.8 Å². The van der Waals surface area contributed by atoms with Crippen LogP contribution in [0.4, 0.5) is 0 Å². The number of aromatic nitrogens is 2. The van der Waals surface area contributed by atoms with Crippen LogP contribution in [-0.2, 0) is 18.7 Å². The van der Waals surface area contributed by atoms with Crippen molar-refractivity contribution in [1.29, 1.82) is 0 Å². The smallest absolute Gasteiger partial charge is 0.257 e. The van der Waals surface area contributed by atoms with Gasteiger partial charge in [-0.15, -0.1) is 33.1 Å². The largest absolute Gasteiger partial charge is 0.419 e. The molecule has 0 spiro atoms. The van der Waals surface area contributed by atoms with Crippen molar-refractivity contribution < 1.29 is 4.42 Å². The third-order valence-corrected chi connectivity index (χ3v) is 5.55. The molecule has 1 aliphatic rings. The van der Waals surface area contributed by atoms with Gasteiger partial charge in [-0.25, -0.2) is 0 Å². The Morgan fingerprint density at radius 3 is 2.85 bits per heavy atom. The number of nitrogens with zero attached hydrogens (tertiary/aromatic N) is 2. The van der Waals surface area contributed by atoms with E-state index in [1.807, 2.05) is 0 Å². The Bertz CT molecular complexity index is 612. The summed E-state index contributed by atoms with van der Waals surface area (Å²) in [6, 6.07) is 2.23. The van der Waals surface area contributed by atoms with E-state index in [4.69, 9.17) is 16.0 Å². The fourth-order valence-electron chi connectivity index (χ4n) is 2.78. The highest BCUT2D eigenvalue weighted by atomic mass is 35.5. The van der Waals surface area contributed by atoms with Gasteiger partial charge in [-0.1, -0.05) is 20.8 Å². The number of rotatable bonds is 2. The molecule has 0 bridgehead atoms.